The van der Waals surface area contributed by atoms with Crippen LogP contribution in [-0.4, -0.2) is 65.8 Å². The van der Waals surface area contributed by atoms with Gasteiger partial charge in [-0.15, -0.1) is 0 Å². The van der Waals surface area contributed by atoms with E-state index in [1.807, 2.05) is 19.0 Å². The number of benzene rings is 1. The number of phenols is 1. The summed E-state index contributed by atoms with van der Waals surface area (Å²) in [6.45, 7) is 0.908. The van der Waals surface area contributed by atoms with Crippen LogP contribution in [0.15, 0.2) is 41.3 Å². The molecule has 1 aromatic carbocycles. The molecule has 2 aromatic rings. The minimum atomic E-state index is -2.06. The first kappa shape index (κ1) is 29.1. The molecule has 44 heavy (non-hydrogen) atoms. The van der Waals surface area contributed by atoms with Crippen LogP contribution in [0.2, 0.25) is 5.02 Å². The van der Waals surface area contributed by atoms with E-state index in [-0.39, 0.29) is 45.5 Å². The molecule has 6 rings (SSSR count). The molecule has 226 valence electrons. The number of aromatic hydroxyl groups is 1. The van der Waals surface area contributed by atoms with Gasteiger partial charge >= 0.3 is 0 Å². The molecule has 14 heteroatoms. The number of aromatic nitrogens is 1. The Morgan fingerprint density at radius 1 is 1.00 bits per heavy atom. The van der Waals surface area contributed by atoms with E-state index in [0.29, 0.717) is 13.2 Å². The smallest absolute Gasteiger partial charge is 0.260 e. The Labute approximate surface area is 250 Å². The summed E-state index contributed by atoms with van der Waals surface area (Å²) in [5.74, 6) is -2.74. The topological polar surface area (TPSA) is 196 Å². The summed E-state index contributed by atoms with van der Waals surface area (Å²) in [4.78, 5) is 75.8. The molecule has 0 amide bonds. The van der Waals surface area contributed by atoms with Crippen LogP contribution in [0.4, 0.5) is 0 Å². The number of oxime groups is 1. The number of aliphatic hydroxyl groups is 2. The predicted molar refractivity (Wildman–Crippen MR) is 160 cm³/mol. The van der Waals surface area contributed by atoms with Crippen LogP contribution >= 0.6 is 11.6 Å². The standard InChI is InChI=1S/C30H24ClN3O10/c1-34(2)6-7-44-32-10-11-8-13-16(29(42)33-11)26(39)21-12(22(13)31)4-5-30(21)27(40)19-20(28(30)41)25(38)18-17(24(19)37)14(35)9-15(43-3)23(18)36/h8-10,39-41H,4-7H2,1-3H3,(H,33,42)/b32-10+/t30-/m0/s1. The molecule has 4 N–H and O–H groups in total. The first-order valence-electron chi connectivity index (χ1n) is 13.3. The molecular weight excluding hydrogens is 598 g/mol. The zero-order valence-electron chi connectivity index (χ0n) is 23.5. The van der Waals surface area contributed by atoms with Gasteiger partial charge in [0.05, 0.1) is 50.3 Å². The van der Waals surface area contributed by atoms with Crippen molar-refractivity contribution in [1.82, 2.24) is 9.88 Å². The zero-order chi connectivity index (χ0) is 31.8. The largest absolute Gasteiger partial charge is 0.510 e. The van der Waals surface area contributed by atoms with Gasteiger partial charge in [-0.3, -0.25) is 24.0 Å². The number of ether oxygens (including phenoxy) is 1. The predicted octanol–water partition coefficient (Wildman–Crippen LogP) is -0.921. The van der Waals surface area contributed by atoms with Crippen LogP contribution in [0.5, 0.6) is 11.5 Å². The van der Waals surface area contributed by atoms with Gasteiger partial charge < -0.3 is 34.8 Å². The van der Waals surface area contributed by atoms with Crippen molar-refractivity contribution in [2.24, 2.45) is 5.16 Å². The molecule has 0 bridgehead atoms. The van der Waals surface area contributed by atoms with Gasteiger partial charge in [0.15, 0.2) is 11.2 Å². The van der Waals surface area contributed by atoms with Gasteiger partial charge in [0, 0.05) is 23.6 Å². The first-order chi connectivity index (χ1) is 20.9. The van der Waals surface area contributed by atoms with Crippen LogP contribution in [0.25, 0.3) is 22.3 Å². The SMILES string of the molecule is COc1cc(=O)c2c(=O)c3c(c(=O)c=2c1=O)=C(O)[C@]1(CCc2c1c(O)c1c(=O)[nH]c(/C=N/OCCN(C)C)cc1c2Cl)C=3O. The van der Waals surface area contributed by atoms with E-state index in [9.17, 15) is 39.3 Å². The van der Waals surface area contributed by atoms with Crippen molar-refractivity contribution < 1.29 is 24.9 Å². The average molecular weight is 622 g/mol. The van der Waals surface area contributed by atoms with Crippen LogP contribution in [0, 0.1) is 10.4 Å². The molecular formula is C30H24ClN3O10. The number of H-pyrrole nitrogens is 1. The summed E-state index contributed by atoms with van der Waals surface area (Å²) < 4.78 is 4.89. The summed E-state index contributed by atoms with van der Waals surface area (Å²) in [5.41, 5.74) is -6.86. The summed E-state index contributed by atoms with van der Waals surface area (Å²) >= 11 is 6.77. The number of aromatic amines is 1. The number of nitrogens with one attached hydrogen (secondary N) is 1. The van der Waals surface area contributed by atoms with Crippen molar-refractivity contribution >= 4 is 40.1 Å². The second-order valence-electron chi connectivity index (χ2n) is 10.9. The summed E-state index contributed by atoms with van der Waals surface area (Å²) in [6.07, 6.45) is 1.14. The van der Waals surface area contributed by atoms with E-state index in [4.69, 9.17) is 21.2 Å². The summed E-state index contributed by atoms with van der Waals surface area (Å²) in [5, 5.41) is 35.5. The van der Waals surface area contributed by atoms with Crippen LogP contribution in [-0.2, 0) is 16.7 Å². The highest BCUT2D eigenvalue weighted by Gasteiger charge is 2.53. The molecule has 1 spiro atoms. The van der Waals surface area contributed by atoms with Gasteiger partial charge in [-0.25, -0.2) is 0 Å². The van der Waals surface area contributed by atoms with Crippen LogP contribution < -0.4 is 42.4 Å². The summed E-state index contributed by atoms with van der Waals surface area (Å²) in [6, 6.07) is 2.24. The Balaban J connectivity index is 1.63. The van der Waals surface area contributed by atoms with Crippen LogP contribution in [0.3, 0.4) is 0 Å². The molecule has 1 atom stereocenters. The highest BCUT2D eigenvalue weighted by Crippen LogP contribution is 2.56. The van der Waals surface area contributed by atoms with E-state index in [1.54, 1.807) is 0 Å². The lowest BCUT2D eigenvalue weighted by molar-refractivity contribution is 0.127. The van der Waals surface area contributed by atoms with Crippen molar-refractivity contribution in [3.8, 4) is 11.5 Å². The van der Waals surface area contributed by atoms with Crippen molar-refractivity contribution in [2.75, 3.05) is 34.4 Å². The molecule has 0 radical (unpaired) electrons. The number of halogens is 1. The molecule has 0 saturated heterocycles. The van der Waals surface area contributed by atoms with Gasteiger partial charge in [0.1, 0.15) is 29.3 Å². The minimum Gasteiger partial charge on any atom is -0.510 e. The zero-order valence-corrected chi connectivity index (χ0v) is 24.3. The highest BCUT2D eigenvalue weighted by atomic mass is 35.5. The van der Waals surface area contributed by atoms with Crippen molar-refractivity contribution in [3.05, 3.63) is 106 Å². The van der Waals surface area contributed by atoms with Gasteiger partial charge in [-0.05, 0) is 38.6 Å². The second kappa shape index (κ2) is 10.0. The lowest BCUT2D eigenvalue weighted by Crippen LogP contribution is -2.51. The third-order valence-electron chi connectivity index (χ3n) is 8.27. The Hall–Kier alpha value is -5.01. The van der Waals surface area contributed by atoms with E-state index in [2.05, 4.69) is 10.1 Å². The number of likely N-dealkylation sites (N-methyl/N-ethyl adjacent to an activating group) is 1. The fourth-order valence-corrected chi connectivity index (χ4v) is 6.59. The van der Waals surface area contributed by atoms with E-state index < -0.39 is 76.6 Å². The van der Waals surface area contributed by atoms with Gasteiger partial charge in [-0.1, -0.05) is 16.8 Å². The lowest BCUT2D eigenvalue weighted by Gasteiger charge is -2.27. The molecule has 1 aromatic heterocycles. The maximum atomic E-state index is 13.6. The number of hydrogen-bond acceptors (Lipinski definition) is 12. The fourth-order valence-electron chi connectivity index (χ4n) is 6.25. The van der Waals surface area contributed by atoms with E-state index in [1.165, 1.54) is 12.3 Å². The number of phenolic OH excluding ortho intramolecular Hbond substituents is 1. The second-order valence-corrected chi connectivity index (χ2v) is 11.3. The highest BCUT2D eigenvalue weighted by molar-refractivity contribution is 6.37. The Kier molecular flexibility index (Phi) is 6.63. The van der Waals surface area contributed by atoms with Gasteiger partial charge in [0.25, 0.3) is 5.56 Å². The van der Waals surface area contributed by atoms with E-state index in [0.717, 1.165) is 13.2 Å². The quantitative estimate of drug-likeness (QED) is 0.118. The van der Waals surface area contributed by atoms with Crippen LogP contribution in [0.1, 0.15) is 23.2 Å². The number of aliphatic hydroxyl groups excluding tert-OH is 2. The molecule has 4 aliphatic rings. The molecule has 0 saturated carbocycles. The molecule has 0 unspecified atom stereocenters. The first-order valence-corrected chi connectivity index (χ1v) is 13.7. The molecule has 0 aliphatic heterocycles. The third kappa shape index (κ3) is 3.75. The average Bonchev–Trinajstić information content (AvgIpc) is 3.48. The Morgan fingerprint density at radius 3 is 2.30 bits per heavy atom. The maximum Gasteiger partial charge on any atom is 0.260 e. The molecule has 13 nitrogen and oxygen atoms in total. The lowest BCUT2D eigenvalue weighted by atomic mass is 9.78. The van der Waals surface area contributed by atoms with Crippen molar-refractivity contribution in [1.29, 1.82) is 0 Å². The van der Waals surface area contributed by atoms with Gasteiger partial charge in [-0.2, -0.15) is 0 Å². The summed E-state index contributed by atoms with van der Waals surface area (Å²) in [7, 11) is 4.85. The third-order valence-corrected chi connectivity index (χ3v) is 8.71. The normalized spacial score (nSPS) is 17.5. The van der Waals surface area contributed by atoms with E-state index >= 15 is 0 Å². The molecule has 0 fully saturated rings. The number of pyridine rings is 1. The number of hydrogen-bond donors (Lipinski definition) is 4. The minimum absolute atomic E-state index is 0.0267. The fraction of sp³-hybridized carbons (Fsp3) is 0.267. The van der Waals surface area contributed by atoms with Gasteiger partial charge in [0.2, 0.25) is 16.3 Å². The molecule has 4 aliphatic carbocycles. The van der Waals surface area contributed by atoms with Crippen molar-refractivity contribution in [3.63, 3.8) is 0 Å². The monoisotopic (exact) mass is 621 g/mol. The Morgan fingerprint density at radius 2 is 1.66 bits per heavy atom. The molecule has 1 heterocycles. The number of fused-ring (bicyclic) bond motifs is 4. The van der Waals surface area contributed by atoms with Crippen molar-refractivity contribution in [2.45, 2.75) is 18.3 Å². The number of nitrogens with zero attached hydrogens (tertiary/aromatic N) is 2. The Bertz CT molecular complexity index is 2450. The number of methoxy groups -OCH3 is 1. The maximum absolute atomic E-state index is 13.6. The number of rotatable bonds is 6.